The number of nitro groups is 2. The number of Topliss-reactive ketones (excluding diaryl/α,β-unsaturated/α-hetero) is 1. The molecule has 9 heteroatoms. The van der Waals surface area contributed by atoms with Crippen molar-refractivity contribution in [1.29, 1.82) is 0 Å². The molecule has 0 spiro atoms. The summed E-state index contributed by atoms with van der Waals surface area (Å²) in [6.45, 7) is 4.00. The summed E-state index contributed by atoms with van der Waals surface area (Å²) in [5.74, 6) is -0.534. The number of hydrazone groups is 1. The highest BCUT2D eigenvalue weighted by Gasteiger charge is 2.46. The van der Waals surface area contributed by atoms with Crippen LogP contribution in [0.2, 0.25) is 0 Å². The number of nitrogens with one attached hydrogen (secondary N) is 1. The Balaban J connectivity index is 2.02. The zero-order valence-corrected chi connectivity index (χ0v) is 13.2. The lowest BCUT2D eigenvalue weighted by molar-refractivity contribution is -0.394. The molecule has 1 aromatic rings. The van der Waals surface area contributed by atoms with E-state index in [0.29, 0.717) is 12.1 Å². The van der Waals surface area contributed by atoms with Gasteiger partial charge in [-0.25, -0.2) is 0 Å². The number of carbonyl (C=O) groups excluding carboxylic acids is 1. The minimum absolute atomic E-state index is 0.00541. The van der Waals surface area contributed by atoms with Crippen molar-refractivity contribution in [1.82, 2.24) is 5.43 Å². The van der Waals surface area contributed by atoms with Crippen LogP contribution in [0.4, 0.5) is 11.4 Å². The lowest BCUT2D eigenvalue weighted by Crippen LogP contribution is -2.45. The van der Waals surface area contributed by atoms with Gasteiger partial charge in [0.15, 0.2) is 0 Å². The van der Waals surface area contributed by atoms with Crippen molar-refractivity contribution in [3.8, 4) is 0 Å². The summed E-state index contributed by atoms with van der Waals surface area (Å²) in [7, 11) is 0. The van der Waals surface area contributed by atoms with Gasteiger partial charge in [-0.15, -0.1) is 0 Å². The minimum atomic E-state index is -0.692. The molecule has 2 aliphatic rings. The third-order valence-electron chi connectivity index (χ3n) is 4.44. The maximum Gasteiger partial charge on any atom is 0.276 e. The van der Waals surface area contributed by atoms with Crippen molar-refractivity contribution < 1.29 is 14.6 Å². The first-order chi connectivity index (χ1) is 11.2. The monoisotopic (exact) mass is 332 g/mol. The Morgan fingerprint density at radius 2 is 1.75 bits per heavy atom. The minimum Gasteiger partial charge on any atom is -0.306 e. The van der Waals surface area contributed by atoms with Gasteiger partial charge in [0.05, 0.1) is 33.6 Å². The lowest BCUT2D eigenvalue weighted by atomic mass is 9.68. The fraction of sp³-hybridized carbons (Fsp3) is 0.467. The van der Waals surface area contributed by atoms with E-state index in [4.69, 9.17) is 0 Å². The largest absolute Gasteiger partial charge is 0.306 e. The maximum atomic E-state index is 12.5. The summed E-state index contributed by atoms with van der Waals surface area (Å²) in [6.07, 6.45) is 1.11. The van der Waals surface area contributed by atoms with Crippen LogP contribution in [-0.2, 0) is 4.79 Å². The average molecular weight is 332 g/mol. The Hall–Kier alpha value is -2.84. The van der Waals surface area contributed by atoms with E-state index >= 15 is 0 Å². The summed E-state index contributed by atoms with van der Waals surface area (Å²) in [6, 6.07) is 3.16. The molecule has 24 heavy (non-hydrogen) atoms. The molecule has 3 rings (SSSR count). The van der Waals surface area contributed by atoms with Crippen molar-refractivity contribution in [2.45, 2.75) is 32.7 Å². The summed E-state index contributed by atoms with van der Waals surface area (Å²) < 4.78 is 0. The van der Waals surface area contributed by atoms with Crippen LogP contribution in [0.15, 0.2) is 23.3 Å². The van der Waals surface area contributed by atoms with Crippen molar-refractivity contribution in [3.05, 3.63) is 44.0 Å². The number of hydrogen-bond acceptors (Lipinski definition) is 7. The molecule has 1 aliphatic heterocycles. The maximum absolute atomic E-state index is 12.5. The molecule has 0 bridgehead atoms. The molecule has 126 valence electrons. The van der Waals surface area contributed by atoms with Crippen LogP contribution in [-0.4, -0.2) is 27.4 Å². The number of ketones is 1. The number of non-ortho nitro benzene ring substituents is 2. The Kier molecular flexibility index (Phi) is 3.58. The molecular weight excluding hydrogens is 316 g/mol. The summed E-state index contributed by atoms with van der Waals surface area (Å²) in [4.78, 5) is 33.2. The molecule has 1 aliphatic carbocycles. The molecule has 1 heterocycles. The zero-order valence-electron chi connectivity index (χ0n) is 13.2. The van der Waals surface area contributed by atoms with Gasteiger partial charge >= 0.3 is 0 Å². The van der Waals surface area contributed by atoms with Crippen LogP contribution < -0.4 is 5.43 Å². The summed E-state index contributed by atoms with van der Waals surface area (Å²) in [5.41, 5.74) is 2.56. The number of fused-ring (bicyclic) bond motifs is 1. The van der Waals surface area contributed by atoms with Gasteiger partial charge in [-0.3, -0.25) is 25.0 Å². The van der Waals surface area contributed by atoms with Crippen LogP contribution in [0, 0.1) is 31.6 Å². The van der Waals surface area contributed by atoms with Crippen molar-refractivity contribution in [2.24, 2.45) is 16.4 Å². The van der Waals surface area contributed by atoms with E-state index < -0.39 is 27.1 Å². The quantitative estimate of drug-likeness (QED) is 0.667. The predicted molar refractivity (Wildman–Crippen MR) is 84.7 cm³/mol. The van der Waals surface area contributed by atoms with E-state index in [1.165, 1.54) is 12.1 Å². The number of rotatable bonds is 3. The van der Waals surface area contributed by atoms with Crippen LogP contribution in [0.3, 0.4) is 0 Å². The van der Waals surface area contributed by atoms with Gasteiger partial charge in [0.1, 0.15) is 5.78 Å². The van der Waals surface area contributed by atoms with Crippen LogP contribution >= 0.6 is 0 Å². The second-order valence-electron chi connectivity index (χ2n) is 6.97. The molecule has 1 saturated carbocycles. The Morgan fingerprint density at radius 1 is 1.17 bits per heavy atom. The summed E-state index contributed by atoms with van der Waals surface area (Å²) >= 11 is 0. The van der Waals surface area contributed by atoms with Crippen molar-refractivity contribution in [3.63, 3.8) is 0 Å². The normalized spacial score (nSPS) is 24.8. The Labute approximate surface area is 137 Å². The van der Waals surface area contributed by atoms with Crippen LogP contribution in [0.25, 0.3) is 0 Å². The first-order valence-corrected chi connectivity index (χ1v) is 7.48. The first kappa shape index (κ1) is 16.0. The SMILES string of the molecule is CC1(C)CC(=O)[C@@H]2C(c3cc([N+](=O)[O-])cc([N+](=O)[O-])c3)=NN[C@H]2C1. The number of benzene rings is 1. The highest BCUT2D eigenvalue weighted by molar-refractivity contribution is 6.16. The third-order valence-corrected chi connectivity index (χ3v) is 4.44. The fourth-order valence-electron chi connectivity index (χ4n) is 3.47. The van der Waals surface area contributed by atoms with E-state index in [1.54, 1.807) is 0 Å². The molecule has 1 aromatic carbocycles. The molecule has 9 nitrogen and oxygen atoms in total. The molecule has 0 aromatic heterocycles. The van der Waals surface area contributed by atoms with E-state index in [2.05, 4.69) is 10.5 Å². The third kappa shape index (κ3) is 2.72. The van der Waals surface area contributed by atoms with Gasteiger partial charge in [0.25, 0.3) is 11.4 Å². The lowest BCUT2D eigenvalue weighted by Gasteiger charge is -2.36. The second-order valence-corrected chi connectivity index (χ2v) is 6.97. The van der Waals surface area contributed by atoms with Gasteiger partial charge in [0.2, 0.25) is 0 Å². The number of hydrogen-bond donors (Lipinski definition) is 1. The fourth-order valence-corrected chi connectivity index (χ4v) is 3.47. The van der Waals surface area contributed by atoms with E-state index in [1.807, 2.05) is 13.8 Å². The van der Waals surface area contributed by atoms with Gasteiger partial charge in [0, 0.05) is 24.1 Å². The van der Waals surface area contributed by atoms with E-state index in [0.717, 1.165) is 12.5 Å². The van der Waals surface area contributed by atoms with Crippen LogP contribution in [0.1, 0.15) is 32.3 Å². The highest BCUT2D eigenvalue weighted by atomic mass is 16.6. The smallest absolute Gasteiger partial charge is 0.276 e. The second kappa shape index (κ2) is 5.36. The predicted octanol–water partition coefficient (Wildman–Crippen LogP) is 2.18. The molecule has 0 radical (unpaired) electrons. The number of carbonyl (C=O) groups is 1. The zero-order chi connectivity index (χ0) is 17.6. The molecule has 1 fully saturated rings. The van der Waals surface area contributed by atoms with E-state index in [9.17, 15) is 25.0 Å². The Bertz CT molecular complexity index is 754. The van der Waals surface area contributed by atoms with Gasteiger partial charge < -0.3 is 5.43 Å². The summed E-state index contributed by atoms with van der Waals surface area (Å²) in [5, 5.41) is 26.2. The van der Waals surface area contributed by atoms with Crippen molar-refractivity contribution >= 4 is 22.9 Å². The topological polar surface area (TPSA) is 128 Å². The highest BCUT2D eigenvalue weighted by Crippen LogP contribution is 2.40. The van der Waals surface area contributed by atoms with Gasteiger partial charge in [-0.05, 0) is 11.8 Å². The first-order valence-electron chi connectivity index (χ1n) is 7.48. The number of nitrogens with zero attached hydrogens (tertiary/aromatic N) is 3. The molecule has 0 unspecified atom stereocenters. The molecule has 2 atom stereocenters. The van der Waals surface area contributed by atoms with E-state index in [-0.39, 0.29) is 22.8 Å². The molecule has 0 saturated heterocycles. The Morgan fingerprint density at radius 3 is 2.29 bits per heavy atom. The average Bonchev–Trinajstić information content (AvgIpc) is 2.89. The van der Waals surface area contributed by atoms with Gasteiger partial charge in [-0.1, -0.05) is 13.8 Å². The van der Waals surface area contributed by atoms with Crippen LogP contribution in [0.5, 0.6) is 0 Å². The number of nitro benzene ring substituents is 2. The molecule has 0 amide bonds. The standard InChI is InChI=1S/C15H16N4O5/c1-15(2)6-11-13(12(20)7-15)14(17-16-11)8-3-9(18(21)22)5-10(4-8)19(23)24/h3-5,11,13,16H,6-7H2,1-2H3/t11-,13+/m0/s1. The van der Waals surface area contributed by atoms with Crippen molar-refractivity contribution in [2.75, 3.05) is 0 Å². The molecular formula is C15H16N4O5. The van der Waals surface area contributed by atoms with Gasteiger partial charge in [-0.2, -0.15) is 5.10 Å². The molecule has 1 N–H and O–H groups in total.